The zero-order chi connectivity index (χ0) is 29.7. The van der Waals surface area contributed by atoms with Crippen LogP contribution in [0.15, 0.2) is 30.3 Å². The maximum atomic E-state index is 15.6. The van der Waals surface area contributed by atoms with Gasteiger partial charge in [0.1, 0.15) is 17.5 Å². The fourth-order valence-corrected chi connectivity index (χ4v) is 6.45. The molecule has 1 aliphatic heterocycles. The topological polar surface area (TPSA) is 90.9 Å². The van der Waals surface area contributed by atoms with E-state index < -0.39 is 35.1 Å². The van der Waals surface area contributed by atoms with Gasteiger partial charge in [-0.3, -0.25) is 4.79 Å². The lowest BCUT2D eigenvalue weighted by Crippen LogP contribution is -2.49. The molecule has 3 N–H and O–H groups in total. The molecule has 0 unspecified atom stereocenters. The van der Waals surface area contributed by atoms with Crippen LogP contribution in [0.5, 0.6) is 0 Å². The third-order valence-electron chi connectivity index (χ3n) is 8.65. The van der Waals surface area contributed by atoms with E-state index in [2.05, 4.69) is 10.6 Å². The summed E-state index contributed by atoms with van der Waals surface area (Å²) in [6, 6.07) is 6.27. The van der Waals surface area contributed by atoms with Crippen LogP contribution >= 0.6 is 0 Å². The fourth-order valence-electron chi connectivity index (χ4n) is 6.45. The van der Waals surface area contributed by atoms with Gasteiger partial charge in [-0.1, -0.05) is 11.6 Å². The maximum Gasteiger partial charge on any atom is 0.406 e. The van der Waals surface area contributed by atoms with Crippen molar-refractivity contribution in [2.24, 2.45) is 11.8 Å². The monoisotopic (exact) mass is 575 g/mol. The minimum atomic E-state index is -1.84. The van der Waals surface area contributed by atoms with E-state index in [0.717, 1.165) is 25.3 Å². The number of amides is 2. The van der Waals surface area contributed by atoms with Gasteiger partial charge in [0.2, 0.25) is 5.91 Å². The van der Waals surface area contributed by atoms with Gasteiger partial charge in [0.25, 0.3) is 0 Å². The third kappa shape index (κ3) is 6.86. The highest BCUT2D eigenvalue weighted by molar-refractivity contribution is 5.79. The van der Waals surface area contributed by atoms with Crippen LogP contribution in [-0.4, -0.2) is 61.8 Å². The van der Waals surface area contributed by atoms with Crippen molar-refractivity contribution in [2.75, 3.05) is 33.8 Å². The molecular formula is C31H40F3N3O4. The van der Waals surface area contributed by atoms with Crippen molar-refractivity contribution in [2.45, 2.75) is 63.5 Å². The summed E-state index contributed by atoms with van der Waals surface area (Å²) in [5.41, 5.74) is -1.54. The van der Waals surface area contributed by atoms with E-state index in [-0.39, 0.29) is 60.6 Å². The average Bonchev–Trinajstić information content (AvgIpc) is 3.45. The normalized spacial score (nSPS) is 22.3. The highest BCUT2D eigenvalue weighted by atomic mass is 19.1. The van der Waals surface area contributed by atoms with Crippen molar-refractivity contribution in [1.82, 2.24) is 15.5 Å². The number of nitrogens with zero attached hydrogens (tertiary/aromatic N) is 1. The number of halogens is 3. The Morgan fingerprint density at radius 2 is 1.88 bits per heavy atom. The largest absolute Gasteiger partial charge is 0.450 e. The van der Waals surface area contributed by atoms with Crippen molar-refractivity contribution in [3.8, 4) is 11.1 Å². The molecular weight excluding hydrogens is 535 g/mol. The second kappa shape index (κ2) is 13.2. The molecule has 2 aromatic rings. The number of hydrogen-bond donors (Lipinski definition) is 3. The van der Waals surface area contributed by atoms with E-state index in [9.17, 15) is 19.1 Å². The number of ether oxygens (including phenoxy) is 1. The number of nitrogens with one attached hydrogen (secondary N) is 2. The Balaban J connectivity index is 1.73. The lowest BCUT2D eigenvalue weighted by molar-refractivity contribution is -0.141. The number of piperidine rings is 1. The molecule has 2 aliphatic rings. The quantitative estimate of drug-likeness (QED) is 0.365. The van der Waals surface area contributed by atoms with Crippen molar-refractivity contribution in [1.29, 1.82) is 0 Å². The van der Waals surface area contributed by atoms with Gasteiger partial charge in [0.15, 0.2) is 0 Å². The molecule has 7 nitrogen and oxygen atoms in total. The van der Waals surface area contributed by atoms with Crippen LogP contribution < -0.4 is 10.6 Å². The highest BCUT2D eigenvalue weighted by Crippen LogP contribution is 2.45. The van der Waals surface area contributed by atoms with Gasteiger partial charge in [-0.2, -0.15) is 0 Å². The first-order valence-corrected chi connectivity index (χ1v) is 14.4. The number of aryl methyl sites for hydroxylation is 1. The van der Waals surface area contributed by atoms with Crippen LogP contribution in [0.1, 0.15) is 56.1 Å². The van der Waals surface area contributed by atoms with Crippen molar-refractivity contribution < 1.29 is 32.6 Å². The van der Waals surface area contributed by atoms with Crippen LogP contribution in [0, 0.1) is 36.2 Å². The molecule has 0 radical (unpaired) electrons. The van der Waals surface area contributed by atoms with E-state index in [4.69, 9.17) is 4.74 Å². The van der Waals surface area contributed by atoms with E-state index in [1.54, 1.807) is 17.9 Å². The van der Waals surface area contributed by atoms with Crippen LogP contribution in [0.3, 0.4) is 0 Å². The number of rotatable bonds is 9. The van der Waals surface area contributed by atoms with Crippen molar-refractivity contribution in [3.63, 3.8) is 0 Å². The van der Waals surface area contributed by atoms with Gasteiger partial charge in [0, 0.05) is 55.2 Å². The summed E-state index contributed by atoms with van der Waals surface area (Å²) in [6.45, 7) is 2.42. The van der Waals surface area contributed by atoms with Gasteiger partial charge in [-0.05, 0) is 82.7 Å². The van der Waals surface area contributed by atoms with Crippen molar-refractivity contribution in [3.05, 3.63) is 58.9 Å². The molecule has 4 atom stereocenters. The van der Waals surface area contributed by atoms with Gasteiger partial charge < -0.3 is 25.4 Å². The summed E-state index contributed by atoms with van der Waals surface area (Å²) in [7, 11) is 3.31. The second-order valence-electron chi connectivity index (χ2n) is 11.3. The van der Waals surface area contributed by atoms with Crippen LogP contribution in [0.4, 0.5) is 18.0 Å². The van der Waals surface area contributed by atoms with Crippen LogP contribution in [-0.2, 0) is 15.1 Å². The molecule has 0 bridgehead atoms. The molecule has 224 valence electrons. The first-order chi connectivity index (χ1) is 19.6. The van der Waals surface area contributed by atoms with Crippen molar-refractivity contribution >= 4 is 12.0 Å². The standard InChI is InChI=1S/C31H40F3N3O4/c1-19-7-10-26(33)24(14-19)28-25(16-22(32)17-27(28)34)31(40,11-5-13-41-30(39)36-3)21-6-4-12-37(18-21)29(38)20-8-9-23(15-20)35-2/h7,10,14,16-17,20-21,23,35,40H,4-6,8-9,11-13,15,18H2,1-3H3,(H,36,39)/t20-,21-,23+,31+/m1/s1. The molecule has 1 aliphatic carbocycles. The second-order valence-corrected chi connectivity index (χ2v) is 11.3. The molecule has 1 saturated carbocycles. The first-order valence-electron chi connectivity index (χ1n) is 14.4. The molecule has 1 saturated heterocycles. The predicted octanol–water partition coefficient (Wildman–Crippen LogP) is 5.03. The molecule has 10 heteroatoms. The van der Waals surface area contributed by atoms with E-state index in [1.165, 1.54) is 19.2 Å². The lowest BCUT2D eigenvalue weighted by Gasteiger charge is -2.44. The lowest BCUT2D eigenvalue weighted by atomic mass is 9.72. The molecule has 2 aromatic carbocycles. The molecule has 2 amide bonds. The molecule has 41 heavy (non-hydrogen) atoms. The zero-order valence-corrected chi connectivity index (χ0v) is 23.9. The molecule has 0 spiro atoms. The molecule has 0 aromatic heterocycles. The SMILES string of the molecule is CNC(=O)OCCC[C@@](O)(c1cc(F)cc(F)c1-c1cc(C)ccc1F)[C@@H]1CCCN(C(=O)[C@@H]2CC[C@H](NC)C2)C1. The number of alkyl carbamates (subject to hydrolysis) is 1. The van der Waals surface area contributed by atoms with Crippen LogP contribution in [0.2, 0.25) is 0 Å². The van der Waals surface area contributed by atoms with Gasteiger partial charge in [0.05, 0.1) is 12.2 Å². The van der Waals surface area contributed by atoms with E-state index in [1.807, 2.05) is 7.05 Å². The Morgan fingerprint density at radius 1 is 1.10 bits per heavy atom. The summed E-state index contributed by atoms with van der Waals surface area (Å²) < 4.78 is 50.6. The molecule has 1 heterocycles. The maximum absolute atomic E-state index is 15.6. The predicted molar refractivity (Wildman–Crippen MR) is 150 cm³/mol. The minimum absolute atomic E-state index is 0.0214. The number of likely N-dealkylation sites (tertiary alicyclic amines) is 1. The number of hydrogen-bond acceptors (Lipinski definition) is 5. The van der Waals surface area contributed by atoms with Gasteiger partial charge in [-0.15, -0.1) is 0 Å². The van der Waals surface area contributed by atoms with Crippen LogP contribution in [0.25, 0.3) is 11.1 Å². The van der Waals surface area contributed by atoms with Gasteiger partial charge in [-0.25, -0.2) is 18.0 Å². The Morgan fingerprint density at radius 3 is 2.59 bits per heavy atom. The molecule has 4 rings (SSSR count). The highest BCUT2D eigenvalue weighted by Gasteiger charge is 2.45. The summed E-state index contributed by atoms with van der Waals surface area (Å²) in [4.78, 5) is 26.9. The summed E-state index contributed by atoms with van der Waals surface area (Å²) >= 11 is 0. The Bertz CT molecular complexity index is 1260. The van der Waals surface area contributed by atoms with E-state index >= 15 is 8.78 Å². The fraction of sp³-hybridized carbons (Fsp3) is 0.548. The Kier molecular flexibility index (Phi) is 9.96. The Hall–Kier alpha value is -3.11. The summed E-state index contributed by atoms with van der Waals surface area (Å²) in [6.07, 6.45) is 3.03. The summed E-state index contributed by atoms with van der Waals surface area (Å²) in [5.74, 6) is -3.28. The zero-order valence-electron chi connectivity index (χ0n) is 23.9. The van der Waals surface area contributed by atoms with Gasteiger partial charge >= 0.3 is 6.09 Å². The first kappa shape index (κ1) is 30.8. The third-order valence-corrected chi connectivity index (χ3v) is 8.65. The number of benzene rings is 2. The number of carbonyl (C=O) groups is 2. The smallest absolute Gasteiger partial charge is 0.406 e. The summed E-state index contributed by atoms with van der Waals surface area (Å²) in [5, 5.41) is 18.1. The minimum Gasteiger partial charge on any atom is -0.450 e. The molecule has 2 fully saturated rings. The average molecular weight is 576 g/mol. The number of aliphatic hydroxyl groups is 1. The number of carbonyl (C=O) groups excluding carboxylic acids is 2. The van der Waals surface area contributed by atoms with E-state index in [0.29, 0.717) is 31.0 Å². The Labute approximate surface area is 239 Å².